The largest absolute Gasteiger partial charge is 0.459 e. The van der Waals surface area contributed by atoms with Gasteiger partial charge >= 0.3 is 5.97 Å². The van der Waals surface area contributed by atoms with Crippen LogP contribution in [0.4, 0.5) is 0 Å². The lowest BCUT2D eigenvalue weighted by atomic mass is 10.1. The van der Waals surface area contributed by atoms with Crippen LogP contribution in [0, 0.1) is 0 Å². The number of benzene rings is 2. The van der Waals surface area contributed by atoms with Crippen LogP contribution in [-0.2, 0) is 11.3 Å². The lowest BCUT2D eigenvalue weighted by molar-refractivity contribution is 0.0378. The molecule has 2 aromatic carbocycles. The number of carbonyl (C=O) groups is 1. The Kier molecular flexibility index (Phi) is 4.39. The van der Waals surface area contributed by atoms with Gasteiger partial charge in [0.25, 0.3) is 0 Å². The molecule has 0 saturated carbocycles. The van der Waals surface area contributed by atoms with Crippen molar-refractivity contribution in [1.82, 2.24) is 4.57 Å². The zero-order chi connectivity index (χ0) is 16.4. The van der Waals surface area contributed by atoms with Crippen molar-refractivity contribution in [2.24, 2.45) is 0 Å². The highest BCUT2D eigenvalue weighted by atomic mass is 35.5. The standard InChI is InChI=1S/C19H18ClNO2/c1-13(2)23-19(22)16-5-3-4-14(10-16)12-21-9-8-15-11-17(20)6-7-18(15)21/h3-11,13H,12H2,1-2H3. The molecule has 3 aromatic rings. The summed E-state index contributed by atoms with van der Waals surface area (Å²) < 4.78 is 7.39. The lowest BCUT2D eigenvalue weighted by Crippen LogP contribution is -2.12. The van der Waals surface area contributed by atoms with E-state index in [-0.39, 0.29) is 12.1 Å². The van der Waals surface area contributed by atoms with Gasteiger partial charge < -0.3 is 9.30 Å². The van der Waals surface area contributed by atoms with Crippen LogP contribution < -0.4 is 0 Å². The fourth-order valence-corrected chi connectivity index (χ4v) is 2.76. The number of halogens is 1. The van der Waals surface area contributed by atoms with Gasteiger partial charge in [-0.15, -0.1) is 0 Å². The van der Waals surface area contributed by atoms with Crippen molar-refractivity contribution >= 4 is 28.5 Å². The zero-order valence-electron chi connectivity index (χ0n) is 13.1. The summed E-state index contributed by atoms with van der Waals surface area (Å²) in [5.41, 5.74) is 2.75. The van der Waals surface area contributed by atoms with Crippen LogP contribution in [0.2, 0.25) is 5.02 Å². The van der Waals surface area contributed by atoms with E-state index in [1.54, 1.807) is 6.07 Å². The number of nitrogens with zero attached hydrogens (tertiary/aromatic N) is 1. The van der Waals surface area contributed by atoms with Crippen molar-refractivity contribution in [1.29, 1.82) is 0 Å². The fraction of sp³-hybridized carbons (Fsp3) is 0.211. The van der Waals surface area contributed by atoms with Gasteiger partial charge in [0.05, 0.1) is 11.7 Å². The van der Waals surface area contributed by atoms with Crippen molar-refractivity contribution < 1.29 is 9.53 Å². The van der Waals surface area contributed by atoms with Crippen LogP contribution >= 0.6 is 11.6 Å². The van der Waals surface area contributed by atoms with E-state index in [0.29, 0.717) is 12.1 Å². The lowest BCUT2D eigenvalue weighted by Gasteiger charge is -2.10. The summed E-state index contributed by atoms with van der Waals surface area (Å²) in [4.78, 5) is 12.0. The molecule has 23 heavy (non-hydrogen) atoms. The minimum absolute atomic E-state index is 0.121. The Morgan fingerprint density at radius 1 is 1.17 bits per heavy atom. The number of rotatable bonds is 4. The number of aromatic nitrogens is 1. The van der Waals surface area contributed by atoms with Crippen LogP contribution in [0.1, 0.15) is 29.8 Å². The molecule has 0 amide bonds. The van der Waals surface area contributed by atoms with E-state index >= 15 is 0 Å². The highest BCUT2D eigenvalue weighted by molar-refractivity contribution is 6.31. The Labute approximate surface area is 140 Å². The number of hydrogen-bond acceptors (Lipinski definition) is 2. The summed E-state index contributed by atoms with van der Waals surface area (Å²) in [6.07, 6.45) is 1.91. The number of fused-ring (bicyclic) bond motifs is 1. The minimum atomic E-state index is -0.286. The summed E-state index contributed by atoms with van der Waals surface area (Å²) in [5, 5.41) is 1.83. The molecule has 1 heterocycles. The predicted molar refractivity (Wildman–Crippen MR) is 93.0 cm³/mol. The molecule has 0 saturated heterocycles. The van der Waals surface area contributed by atoms with Gasteiger partial charge in [-0.2, -0.15) is 0 Å². The molecule has 0 atom stereocenters. The van der Waals surface area contributed by atoms with E-state index < -0.39 is 0 Å². The Morgan fingerprint density at radius 2 is 2.00 bits per heavy atom. The van der Waals surface area contributed by atoms with Gasteiger partial charge in [-0.25, -0.2) is 4.79 Å². The predicted octanol–water partition coefficient (Wildman–Crippen LogP) is 4.91. The molecule has 0 bridgehead atoms. The van der Waals surface area contributed by atoms with Crippen molar-refractivity contribution in [2.75, 3.05) is 0 Å². The molecule has 0 spiro atoms. The average Bonchev–Trinajstić information content (AvgIpc) is 2.89. The van der Waals surface area contributed by atoms with Crippen LogP contribution in [0.15, 0.2) is 54.7 Å². The van der Waals surface area contributed by atoms with Crippen LogP contribution in [-0.4, -0.2) is 16.6 Å². The molecular weight excluding hydrogens is 310 g/mol. The number of ether oxygens (including phenoxy) is 1. The first-order valence-corrected chi connectivity index (χ1v) is 7.95. The third-order valence-electron chi connectivity index (χ3n) is 3.59. The topological polar surface area (TPSA) is 31.2 Å². The first kappa shape index (κ1) is 15.6. The van der Waals surface area contributed by atoms with Crippen molar-refractivity contribution in [2.45, 2.75) is 26.5 Å². The molecule has 0 N–H and O–H groups in total. The minimum Gasteiger partial charge on any atom is -0.459 e. The molecule has 1 aromatic heterocycles. The maximum Gasteiger partial charge on any atom is 0.338 e. The summed E-state index contributed by atoms with van der Waals surface area (Å²) in [6.45, 7) is 4.38. The van der Waals surface area contributed by atoms with Gasteiger partial charge in [0, 0.05) is 28.7 Å². The van der Waals surface area contributed by atoms with Gasteiger partial charge in [0.15, 0.2) is 0 Å². The molecule has 0 aliphatic heterocycles. The summed E-state index contributed by atoms with van der Waals surface area (Å²) in [5.74, 6) is -0.286. The van der Waals surface area contributed by atoms with E-state index in [1.807, 2.05) is 62.5 Å². The second kappa shape index (κ2) is 6.47. The zero-order valence-corrected chi connectivity index (χ0v) is 13.9. The third-order valence-corrected chi connectivity index (χ3v) is 3.83. The monoisotopic (exact) mass is 327 g/mol. The summed E-state index contributed by atoms with van der Waals surface area (Å²) in [7, 11) is 0. The maximum atomic E-state index is 12.0. The first-order valence-electron chi connectivity index (χ1n) is 7.57. The van der Waals surface area contributed by atoms with Gasteiger partial charge in [0.2, 0.25) is 0 Å². The molecule has 4 heteroatoms. The van der Waals surface area contributed by atoms with Gasteiger partial charge in [-0.05, 0) is 55.8 Å². The fourth-order valence-electron chi connectivity index (χ4n) is 2.58. The summed E-state index contributed by atoms with van der Waals surface area (Å²) >= 11 is 6.02. The Balaban J connectivity index is 1.86. The van der Waals surface area contributed by atoms with E-state index in [9.17, 15) is 4.79 Å². The van der Waals surface area contributed by atoms with Crippen LogP contribution in [0.3, 0.4) is 0 Å². The number of hydrogen-bond donors (Lipinski definition) is 0. The highest BCUT2D eigenvalue weighted by Gasteiger charge is 2.10. The van der Waals surface area contributed by atoms with Gasteiger partial charge in [-0.3, -0.25) is 0 Å². The molecule has 3 rings (SSSR count). The van der Waals surface area contributed by atoms with Crippen LogP contribution in [0.25, 0.3) is 10.9 Å². The quantitative estimate of drug-likeness (QED) is 0.638. The molecule has 0 unspecified atom stereocenters. The SMILES string of the molecule is CC(C)OC(=O)c1cccc(Cn2ccc3cc(Cl)ccc32)c1. The second-order valence-electron chi connectivity index (χ2n) is 5.80. The number of carbonyl (C=O) groups excluding carboxylic acids is 1. The first-order chi connectivity index (χ1) is 11.0. The molecule has 0 radical (unpaired) electrons. The third kappa shape index (κ3) is 3.57. The van der Waals surface area contributed by atoms with Crippen molar-refractivity contribution in [3.05, 3.63) is 70.9 Å². The molecule has 0 aliphatic carbocycles. The highest BCUT2D eigenvalue weighted by Crippen LogP contribution is 2.21. The van der Waals surface area contributed by atoms with E-state index in [2.05, 4.69) is 4.57 Å². The molecule has 3 nitrogen and oxygen atoms in total. The van der Waals surface area contributed by atoms with E-state index in [4.69, 9.17) is 16.3 Å². The van der Waals surface area contributed by atoms with Crippen LogP contribution in [0.5, 0.6) is 0 Å². The molecule has 0 aliphatic rings. The molecular formula is C19H18ClNO2. The Bertz CT molecular complexity index is 851. The average molecular weight is 328 g/mol. The summed E-state index contributed by atoms with van der Waals surface area (Å²) in [6, 6.07) is 15.4. The smallest absolute Gasteiger partial charge is 0.338 e. The Hall–Kier alpha value is -2.26. The maximum absolute atomic E-state index is 12.0. The van der Waals surface area contributed by atoms with E-state index in [0.717, 1.165) is 21.5 Å². The van der Waals surface area contributed by atoms with Crippen molar-refractivity contribution in [3.8, 4) is 0 Å². The molecule has 0 fully saturated rings. The Morgan fingerprint density at radius 3 is 2.78 bits per heavy atom. The van der Waals surface area contributed by atoms with E-state index in [1.165, 1.54) is 0 Å². The van der Waals surface area contributed by atoms with Gasteiger partial charge in [-0.1, -0.05) is 23.7 Å². The van der Waals surface area contributed by atoms with Gasteiger partial charge in [0.1, 0.15) is 0 Å². The number of esters is 1. The normalized spacial score (nSPS) is 11.1. The second-order valence-corrected chi connectivity index (χ2v) is 6.24. The molecule has 118 valence electrons. The van der Waals surface area contributed by atoms with Crippen molar-refractivity contribution in [3.63, 3.8) is 0 Å².